The second-order valence-electron chi connectivity index (χ2n) is 44.9. The first kappa shape index (κ1) is 103. The van der Waals surface area contributed by atoms with Crippen molar-refractivity contribution in [2.75, 3.05) is 0 Å². The molecule has 16 heterocycles. The van der Waals surface area contributed by atoms with Gasteiger partial charge in [-0.05, 0) is 219 Å². The van der Waals surface area contributed by atoms with E-state index in [0.29, 0.717) is 11.6 Å². The Bertz CT molecular complexity index is 5810. The Balaban J connectivity index is 0.000000152. The van der Waals surface area contributed by atoms with Crippen LogP contribution in [0.25, 0.3) is 0 Å². The normalized spacial score (nSPS) is 19.3. The summed E-state index contributed by atoms with van der Waals surface area (Å²) in [5.74, 6) is 2.83. The van der Waals surface area contributed by atoms with Gasteiger partial charge >= 0.3 is 80.3 Å². The van der Waals surface area contributed by atoms with E-state index < -0.39 is 33.0 Å². The molecule has 0 amide bonds. The van der Waals surface area contributed by atoms with Crippen LogP contribution in [0.1, 0.15) is 358 Å². The topological polar surface area (TPSA) is 251 Å². The summed E-state index contributed by atoms with van der Waals surface area (Å²) in [6.45, 7) is 69.1. The number of rotatable bonds is 0. The minimum atomic E-state index is -0.557. The summed E-state index contributed by atoms with van der Waals surface area (Å²) in [5.41, 5.74) is 14.2. The molecule has 0 spiro atoms. The van der Waals surface area contributed by atoms with E-state index in [1.807, 2.05) is 52.9 Å². The van der Waals surface area contributed by atoms with Crippen LogP contribution < -0.4 is 19.9 Å². The third-order valence-electron chi connectivity index (χ3n) is 29.8. The molecule has 24 nitrogen and oxygen atoms in total. The predicted octanol–water partition coefficient (Wildman–Crippen LogP) is 19.0. The molecule has 0 fully saturated rings. The van der Waals surface area contributed by atoms with Crippen molar-refractivity contribution in [2.24, 2.45) is 0 Å². The van der Waals surface area contributed by atoms with E-state index in [9.17, 15) is 0 Å². The molecular formula is C108H128CuN24Pt3. The molecule has 0 unspecified atom stereocenters. The van der Waals surface area contributed by atoms with Crippen molar-refractivity contribution >= 4 is 0 Å². The van der Waals surface area contributed by atoms with Crippen molar-refractivity contribution in [1.82, 2.24) is 118 Å². The molecule has 721 valence electrons. The van der Waals surface area contributed by atoms with Crippen molar-refractivity contribution in [3.63, 3.8) is 0 Å². The molecule has 0 atom stereocenters. The molecule has 0 N–H and O–H groups in total. The van der Waals surface area contributed by atoms with Crippen LogP contribution in [0.4, 0.5) is 0 Å². The van der Waals surface area contributed by atoms with Gasteiger partial charge in [0.2, 0.25) is 0 Å². The molecule has 4 aliphatic heterocycles. The summed E-state index contributed by atoms with van der Waals surface area (Å²) in [5, 5.41) is 39.9. The molecular weight excluding hydrogens is 2280 g/mol. The SMILES string of the molecule is CC1(C)c2[c-]c(ccc2)C(C)(C)n2ccc(n2)C(C)(C)c2ccn(n2)C(C)(C)c2[c-]c1ccc2.CC1(C)c2[c-]c(ccc2)C(C)(C)n2cnc(n2)C(C)(C)c2ncn(n2)C(C)(C)c2[c-]c1ccc2.CC1(C)c2ccn(n2)C(C)(C)c2ccc([n-]2)C(C)(C)c2ccc([n-]2)C(C)(C)n2ccc1n2.CC1(C)c2ccn(n2)C(C)(C)c2ncc([n-]2)C(C)(C)c2cnc([n-]2)C(C)(C)n2ccc1n2.[Cu+2].[Pt+2].[Pt+2].[Pt+2]. The number of aromatic nitrogens is 24. The van der Waals surface area contributed by atoms with Gasteiger partial charge in [0.05, 0.1) is 100 Å². The molecule has 28 heteroatoms. The van der Waals surface area contributed by atoms with Crippen LogP contribution >= 0.6 is 0 Å². The monoisotopic (exact) mass is 2410 g/mol. The maximum Gasteiger partial charge on any atom is 2.00 e. The molecule has 0 saturated heterocycles. The minimum Gasteiger partial charge on any atom is -0.662 e. The molecule has 32 bridgehead atoms. The van der Waals surface area contributed by atoms with Crippen molar-refractivity contribution in [1.29, 1.82) is 0 Å². The molecule has 16 aromatic rings. The Morgan fingerprint density at radius 2 is 0.434 bits per heavy atom. The molecule has 1 radical (unpaired) electrons. The van der Waals surface area contributed by atoms with E-state index in [0.717, 1.165) is 124 Å². The number of nitrogens with zero attached hydrogens (tertiary/aromatic N) is 24. The first-order valence-electron chi connectivity index (χ1n) is 46.1. The van der Waals surface area contributed by atoms with Crippen LogP contribution in [-0.4, -0.2) is 98.2 Å². The smallest absolute Gasteiger partial charge is 0.662 e. The van der Waals surface area contributed by atoms with E-state index in [1.165, 1.54) is 0 Å². The molecule has 4 aromatic carbocycles. The van der Waals surface area contributed by atoms with Gasteiger partial charge in [0, 0.05) is 42.6 Å². The first-order chi connectivity index (χ1) is 61.4. The van der Waals surface area contributed by atoms with Crippen molar-refractivity contribution in [3.05, 3.63) is 356 Å². The summed E-state index contributed by atoms with van der Waals surface area (Å²) < 4.78 is 15.9. The second-order valence-corrected chi connectivity index (χ2v) is 44.9. The van der Waals surface area contributed by atoms with Gasteiger partial charge in [-0.3, -0.25) is 28.1 Å². The Hall–Kier alpha value is -10.0. The quantitative estimate of drug-likeness (QED) is 0.101. The Morgan fingerprint density at radius 1 is 0.206 bits per heavy atom. The number of hydrogen-bond donors (Lipinski definition) is 0. The van der Waals surface area contributed by atoms with E-state index in [1.54, 1.807) is 12.7 Å². The zero-order valence-corrected chi connectivity index (χ0v) is 92.2. The number of imidazole rings is 2. The summed E-state index contributed by atoms with van der Waals surface area (Å²) in [6.07, 6.45) is 19.6. The van der Waals surface area contributed by atoms with Gasteiger partial charge in [-0.1, -0.05) is 115 Å². The standard InChI is InChI=1S/C30H34N4.C28H32N6.C26H32N6.C24H30N8.Cu.3Pt/c1-27(2)21-11-9-13-23(19-21)29(5,6)33-17-15-25(31-33)28(3,4)26-16-18-34(32-26)30(7,8)24-14-10-12-22(27)20-24;1-25(2)19-11-9-13-21(15-19)27(5,6)33-17-29-23(31-33)26(3,4)24-30-18-34(32-24)28(7,8)22-14-10-12-20(25)16-22;1-23(2)17-9-11-21(27-17)25(5,6)31-15-13-19(29-31)24(3,4)20-14-16-32(30-20)26(7,8)22-12-10-18(23)28-22;1-21(2)15-9-11-31(29-15)23(5,6)19-25-13-17(27-19)22(3,4)18-14-26-20(28-18)24(7,8)32-12-10-16(21)30-32;;;;/h9-18H,1-8H3;9-14,17-18H,1-8H3;9-16H,1-8H3;9-14H,1-8H3;;;;/q4*-2;4*+2. The van der Waals surface area contributed by atoms with Crippen LogP contribution in [0.15, 0.2) is 196 Å². The summed E-state index contributed by atoms with van der Waals surface area (Å²) in [4.78, 5) is 38.8. The van der Waals surface area contributed by atoms with E-state index >= 15 is 0 Å². The second kappa shape index (κ2) is 35.1. The van der Waals surface area contributed by atoms with Gasteiger partial charge in [0.15, 0.2) is 11.6 Å². The predicted molar refractivity (Wildman–Crippen MR) is 514 cm³/mol. The molecule has 136 heavy (non-hydrogen) atoms. The first-order valence-corrected chi connectivity index (χ1v) is 46.1. The van der Waals surface area contributed by atoms with Gasteiger partial charge in [-0.2, -0.15) is 171 Å². The number of hydrogen-bond acceptors (Lipinski definition) is 12. The summed E-state index contributed by atoms with van der Waals surface area (Å²) in [7, 11) is 0. The third kappa shape index (κ3) is 17.2. The summed E-state index contributed by atoms with van der Waals surface area (Å²) in [6, 6.07) is 61.7. The van der Waals surface area contributed by atoms with Crippen LogP contribution in [0.3, 0.4) is 0 Å². The zero-order chi connectivity index (χ0) is 95.2. The maximum absolute atomic E-state index is 5.08. The third-order valence-corrected chi connectivity index (χ3v) is 29.8. The van der Waals surface area contributed by atoms with Crippen molar-refractivity contribution < 1.29 is 80.3 Å². The van der Waals surface area contributed by atoms with Gasteiger partial charge in [-0.15, -0.1) is 33.6 Å². The van der Waals surface area contributed by atoms with Gasteiger partial charge < -0.3 is 29.9 Å². The van der Waals surface area contributed by atoms with E-state index in [4.69, 9.17) is 80.7 Å². The number of benzene rings is 4. The van der Waals surface area contributed by atoms with Gasteiger partial charge in [0.25, 0.3) is 0 Å². The molecule has 0 aliphatic carbocycles. The molecule has 4 aliphatic rings. The van der Waals surface area contributed by atoms with Crippen molar-refractivity contribution in [3.8, 4) is 0 Å². The zero-order valence-electron chi connectivity index (χ0n) is 84.5. The van der Waals surface area contributed by atoms with E-state index in [-0.39, 0.29) is 135 Å². The Morgan fingerprint density at radius 3 is 0.706 bits per heavy atom. The average Bonchev–Trinajstić information content (AvgIpc) is 1.61. The van der Waals surface area contributed by atoms with E-state index in [2.05, 4.69) is 413 Å². The van der Waals surface area contributed by atoms with Gasteiger partial charge in [-0.25, -0.2) is 19.3 Å². The van der Waals surface area contributed by atoms with Crippen LogP contribution in [-0.2, 0) is 168 Å². The van der Waals surface area contributed by atoms with Crippen LogP contribution in [0.5, 0.6) is 0 Å². The average molecular weight is 2410 g/mol. The Kier molecular flexibility index (Phi) is 26.7. The fourth-order valence-electron chi connectivity index (χ4n) is 18.1. The Labute approximate surface area is 856 Å². The summed E-state index contributed by atoms with van der Waals surface area (Å²) >= 11 is 0. The minimum absolute atomic E-state index is 0. The molecule has 20 rings (SSSR count). The molecule has 0 saturated carbocycles. The number of fused-ring (bicyclic) bond motifs is 32. The van der Waals surface area contributed by atoms with Crippen LogP contribution in [0.2, 0.25) is 0 Å². The fourth-order valence-corrected chi connectivity index (χ4v) is 18.1. The fraction of sp³-hybridized carbons (Fsp3) is 0.444. The van der Waals surface area contributed by atoms with Crippen LogP contribution in [0, 0.1) is 24.3 Å². The van der Waals surface area contributed by atoms with Gasteiger partial charge in [0.1, 0.15) is 12.7 Å². The largest absolute Gasteiger partial charge is 2.00 e. The maximum atomic E-state index is 5.08. The van der Waals surface area contributed by atoms with Crippen molar-refractivity contribution in [2.45, 2.75) is 309 Å². The molecule has 12 aromatic heterocycles.